The predicted octanol–water partition coefficient (Wildman–Crippen LogP) is -0.476. The standard InChI is InChI=1S/C11H17N3O3/c12-6-5-9(15)10(16)7-1-3-8(4-2-7)11(13)14-17/h1-4,9-10,15-17H,5-6,12H2,(H2,13,14). The number of oxime groups is 1. The number of nitrogens with two attached hydrogens (primary N) is 2. The highest BCUT2D eigenvalue weighted by atomic mass is 16.4. The van der Waals surface area contributed by atoms with Gasteiger partial charge in [-0.2, -0.15) is 0 Å². The molecule has 1 aromatic rings. The molecule has 0 bridgehead atoms. The number of amidine groups is 1. The Labute approximate surface area is 99.2 Å². The van der Waals surface area contributed by atoms with Gasteiger partial charge < -0.3 is 26.9 Å². The topological polar surface area (TPSA) is 125 Å². The number of aliphatic hydroxyl groups is 2. The zero-order valence-corrected chi connectivity index (χ0v) is 9.32. The molecule has 1 rings (SSSR count). The van der Waals surface area contributed by atoms with Gasteiger partial charge in [-0.25, -0.2) is 0 Å². The Kier molecular flexibility index (Phi) is 4.89. The Hall–Kier alpha value is -1.63. The molecule has 1 aromatic carbocycles. The monoisotopic (exact) mass is 239 g/mol. The fourth-order valence-electron chi connectivity index (χ4n) is 1.46. The second-order valence-corrected chi connectivity index (χ2v) is 3.70. The van der Waals surface area contributed by atoms with Gasteiger partial charge in [0, 0.05) is 5.56 Å². The first-order chi connectivity index (χ1) is 8.10. The Morgan fingerprint density at radius 1 is 1.24 bits per heavy atom. The average molecular weight is 239 g/mol. The van der Waals surface area contributed by atoms with Gasteiger partial charge in [0.25, 0.3) is 0 Å². The molecule has 0 aromatic heterocycles. The van der Waals surface area contributed by atoms with Crippen LogP contribution in [0, 0.1) is 0 Å². The number of benzene rings is 1. The van der Waals surface area contributed by atoms with E-state index in [0.29, 0.717) is 24.1 Å². The van der Waals surface area contributed by atoms with Crippen LogP contribution in [0.2, 0.25) is 0 Å². The SMILES string of the molecule is NCCC(O)C(O)c1ccc(C(N)=NO)cc1. The van der Waals surface area contributed by atoms with Crippen molar-refractivity contribution in [2.45, 2.75) is 18.6 Å². The van der Waals surface area contributed by atoms with Crippen LogP contribution in [0.5, 0.6) is 0 Å². The summed E-state index contributed by atoms with van der Waals surface area (Å²) < 4.78 is 0. The van der Waals surface area contributed by atoms with E-state index in [1.165, 1.54) is 0 Å². The molecule has 0 fully saturated rings. The van der Waals surface area contributed by atoms with Crippen LogP contribution in [0.4, 0.5) is 0 Å². The summed E-state index contributed by atoms with van der Waals surface area (Å²) in [5.74, 6) is -0.00598. The fourth-order valence-corrected chi connectivity index (χ4v) is 1.46. The summed E-state index contributed by atoms with van der Waals surface area (Å²) in [6.07, 6.45) is -1.56. The van der Waals surface area contributed by atoms with E-state index in [1.807, 2.05) is 0 Å². The molecular formula is C11H17N3O3. The van der Waals surface area contributed by atoms with Crippen LogP contribution in [-0.2, 0) is 0 Å². The van der Waals surface area contributed by atoms with Gasteiger partial charge in [-0.3, -0.25) is 0 Å². The summed E-state index contributed by atoms with van der Waals surface area (Å²) in [6, 6.07) is 6.42. The summed E-state index contributed by atoms with van der Waals surface area (Å²) in [7, 11) is 0. The number of hydrogen-bond donors (Lipinski definition) is 5. The lowest BCUT2D eigenvalue weighted by atomic mass is 10.0. The van der Waals surface area contributed by atoms with Crippen LogP contribution in [0.15, 0.2) is 29.4 Å². The van der Waals surface area contributed by atoms with Crippen molar-refractivity contribution in [1.82, 2.24) is 0 Å². The fraction of sp³-hybridized carbons (Fsp3) is 0.364. The van der Waals surface area contributed by atoms with Crippen LogP contribution >= 0.6 is 0 Å². The molecule has 0 radical (unpaired) electrons. The second kappa shape index (κ2) is 6.19. The zero-order chi connectivity index (χ0) is 12.8. The minimum absolute atomic E-state index is 0.00598. The van der Waals surface area contributed by atoms with E-state index < -0.39 is 12.2 Å². The molecule has 6 heteroatoms. The summed E-state index contributed by atoms with van der Waals surface area (Å²) >= 11 is 0. The Morgan fingerprint density at radius 2 is 1.82 bits per heavy atom. The summed E-state index contributed by atoms with van der Waals surface area (Å²) in [4.78, 5) is 0. The Balaban J connectivity index is 2.80. The van der Waals surface area contributed by atoms with Crippen molar-refractivity contribution >= 4 is 5.84 Å². The van der Waals surface area contributed by atoms with Gasteiger partial charge in [0.15, 0.2) is 5.84 Å². The molecule has 0 saturated heterocycles. The van der Waals surface area contributed by atoms with Crippen molar-refractivity contribution in [2.75, 3.05) is 6.54 Å². The molecule has 0 spiro atoms. The maximum atomic E-state index is 9.79. The smallest absolute Gasteiger partial charge is 0.170 e. The molecule has 0 heterocycles. The number of hydrogen-bond acceptors (Lipinski definition) is 5. The lowest BCUT2D eigenvalue weighted by Crippen LogP contribution is -2.22. The van der Waals surface area contributed by atoms with Gasteiger partial charge in [0.1, 0.15) is 6.10 Å². The molecule has 2 atom stereocenters. The third kappa shape index (κ3) is 3.42. The molecule has 17 heavy (non-hydrogen) atoms. The van der Waals surface area contributed by atoms with Crippen LogP contribution in [0.1, 0.15) is 23.7 Å². The Morgan fingerprint density at radius 3 is 2.29 bits per heavy atom. The van der Waals surface area contributed by atoms with Crippen LogP contribution in [-0.4, -0.2) is 33.9 Å². The van der Waals surface area contributed by atoms with Gasteiger partial charge in [-0.05, 0) is 18.5 Å². The maximum Gasteiger partial charge on any atom is 0.170 e. The lowest BCUT2D eigenvalue weighted by Gasteiger charge is -2.17. The molecule has 0 aliphatic rings. The summed E-state index contributed by atoms with van der Waals surface area (Å²) in [5, 5.41) is 30.7. The predicted molar refractivity (Wildman–Crippen MR) is 63.6 cm³/mol. The van der Waals surface area contributed by atoms with Crippen molar-refractivity contribution in [2.24, 2.45) is 16.6 Å². The molecule has 94 valence electrons. The number of nitrogens with zero attached hydrogens (tertiary/aromatic N) is 1. The molecule has 0 amide bonds. The van der Waals surface area contributed by atoms with Crippen LogP contribution in [0.3, 0.4) is 0 Å². The van der Waals surface area contributed by atoms with E-state index in [0.717, 1.165) is 0 Å². The molecule has 7 N–H and O–H groups in total. The number of rotatable bonds is 5. The minimum atomic E-state index is -0.986. The van der Waals surface area contributed by atoms with E-state index in [4.69, 9.17) is 16.7 Å². The van der Waals surface area contributed by atoms with Crippen molar-refractivity contribution < 1.29 is 15.4 Å². The molecule has 6 nitrogen and oxygen atoms in total. The quantitative estimate of drug-likeness (QED) is 0.205. The minimum Gasteiger partial charge on any atom is -0.409 e. The van der Waals surface area contributed by atoms with Crippen molar-refractivity contribution in [3.63, 3.8) is 0 Å². The van der Waals surface area contributed by atoms with Crippen molar-refractivity contribution in [3.05, 3.63) is 35.4 Å². The lowest BCUT2D eigenvalue weighted by molar-refractivity contribution is 0.0150. The number of aliphatic hydroxyl groups excluding tert-OH is 2. The van der Waals surface area contributed by atoms with Gasteiger partial charge in [0.05, 0.1) is 6.10 Å². The van der Waals surface area contributed by atoms with Gasteiger partial charge in [0.2, 0.25) is 0 Å². The first kappa shape index (κ1) is 13.4. The zero-order valence-electron chi connectivity index (χ0n) is 9.32. The van der Waals surface area contributed by atoms with Crippen LogP contribution < -0.4 is 11.5 Å². The van der Waals surface area contributed by atoms with Crippen LogP contribution in [0.25, 0.3) is 0 Å². The average Bonchev–Trinajstić information content (AvgIpc) is 2.37. The van der Waals surface area contributed by atoms with E-state index in [2.05, 4.69) is 5.16 Å². The third-order valence-electron chi connectivity index (χ3n) is 2.48. The van der Waals surface area contributed by atoms with Gasteiger partial charge in [-0.1, -0.05) is 29.4 Å². The Bertz CT molecular complexity index is 378. The first-order valence-electron chi connectivity index (χ1n) is 5.24. The summed E-state index contributed by atoms with van der Waals surface area (Å²) in [5.41, 5.74) is 11.8. The molecule has 2 unspecified atom stereocenters. The second-order valence-electron chi connectivity index (χ2n) is 3.70. The molecule has 0 aliphatic heterocycles. The summed E-state index contributed by atoms with van der Waals surface area (Å²) in [6.45, 7) is 0.306. The van der Waals surface area contributed by atoms with E-state index in [9.17, 15) is 10.2 Å². The van der Waals surface area contributed by atoms with E-state index in [-0.39, 0.29) is 5.84 Å². The highest BCUT2D eigenvalue weighted by molar-refractivity contribution is 5.96. The van der Waals surface area contributed by atoms with Crippen molar-refractivity contribution in [1.29, 1.82) is 0 Å². The van der Waals surface area contributed by atoms with Gasteiger partial charge in [-0.15, -0.1) is 0 Å². The van der Waals surface area contributed by atoms with E-state index in [1.54, 1.807) is 24.3 Å². The van der Waals surface area contributed by atoms with Gasteiger partial charge >= 0.3 is 0 Å². The molecular weight excluding hydrogens is 222 g/mol. The largest absolute Gasteiger partial charge is 0.409 e. The highest BCUT2D eigenvalue weighted by Gasteiger charge is 2.17. The highest BCUT2D eigenvalue weighted by Crippen LogP contribution is 2.19. The third-order valence-corrected chi connectivity index (χ3v) is 2.48. The normalized spacial score (nSPS) is 15.6. The molecule has 0 saturated carbocycles. The maximum absolute atomic E-state index is 9.79. The molecule has 0 aliphatic carbocycles. The first-order valence-corrected chi connectivity index (χ1v) is 5.24. The van der Waals surface area contributed by atoms with Crippen molar-refractivity contribution in [3.8, 4) is 0 Å². The van der Waals surface area contributed by atoms with E-state index >= 15 is 0 Å².